The molecular formula is C7H9F6NO3. The van der Waals surface area contributed by atoms with E-state index in [0.29, 0.717) is 0 Å². The number of carboxylic acid groups (broad SMARTS) is 1. The van der Waals surface area contributed by atoms with Crippen LogP contribution in [0.15, 0.2) is 0 Å². The Morgan fingerprint density at radius 1 is 1.18 bits per heavy atom. The fourth-order valence-corrected chi connectivity index (χ4v) is 0.905. The Labute approximate surface area is 91.3 Å². The first-order valence-corrected chi connectivity index (χ1v) is 4.22. The zero-order chi connectivity index (χ0) is 13.9. The van der Waals surface area contributed by atoms with Crippen molar-refractivity contribution in [3.05, 3.63) is 0 Å². The molecule has 0 fully saturated rings. The number of hydrogen-bond donors (Lipinski definition) is 2. The molecule has 0 aliphatic heterocycles. The van der Waals surface area contributed by atoms with Gasteiger partial charge in [0.25, 0.3) is 0 Å². The van der Waals surface area contributed by atoms with Crippen molar-refractivity contribution >= 4 is 5.97 Å². The first kappa shape index (κ1) is 16.0. The molecule has 0 rings (SSSR count). The van der Waals surface area contributed by atoms with Crippen LogP contribution in [0.2, 0.25) is 0 Å². The molecular weight excluding hydrogens is 260 g/mol. The molecule has 0 bridgehead atoms. The average Bonchev–Trinajstić information content (AvgIpc) is 2.07. The van der Waals surface area contributed by atoms with Crippen LogP contribution >= 0.6 is 0 Å². The topological polar surface area (TPSA) is 72.5 Å². The van der Waals surface area contributed by atoms with E-state index in [4.69, 9.17) is 10.8 Å². The summed E-state index contributed by atoms with van der Waals surface area (Å²) in [7, 11) is 0. The zero-order valence-corrected chi connectivity index (χ0v) is 8.18. The first-order chi connectivity index (χ1) is 7.50. The Bertz CT molecular complexity index is 249. The van der Waals surface area contributed by atoms with E-state index < -0.39 is 43.5 Å². The van der Waals surface area contributed by atoms with E-state index in [1.165, 1.54) is 0 Å². The highest BCUT2D eigenvalue weighted by Crippen LogP contribution is 2.36. The van der Waals surface area contributed by atoms with Gasteiger partial charge in [-0.25, -0.2) is 4.79 Å². The van der Waals surface area contributed by atoms with Crippen molar-refractivity contribution in [3.8, 4) is 0 Å². The number of alkyl halides is 6. The lowest BCUT2D eigenvalue weighted by Crippen LogP contribution is -2.48. The summed E-state index contributed by atoms with van der Waals surface area (Å²) in [6, 6.07) is 0. The van der Waals surface area contributed by atoms with Crippen molar-refractivity contribution in [1.82, 2.24) is 0 Å². The largest absolute Gasteiger partial charge is 0.479 e. The number of nitrogens with two attached hydrogens (primary N) is 1. The van der Waals surface area contributed by atoms with Crippen molar-refractivity contribution in [2.45, 2.75) is 31.0 Å². The van der Waals surface area contributed by atoms with Gasteiger partial charge in [-0.05, 0) is 13.0 Å². The van der Waals surface area contributed by atoms with Gasteiger partial charge in [-0.1, -0.05) is 0 Å². The van der Waals surface area contributed by atoms with E-state index in [1.807, 2.05) is 0 Å². The van der Waals surface area contributed by atoms with Gasteiger partial charge in [-0.3, -0.25) is 0 Å². The van der Waals surface area contributed by atoms with Crippen LogP contribution < -0.4 is 5.73 Å². The predicted octanol–water partition coefficient (Wildman–Crippen LogP) is 1.30. The summed E-state index contributed by atoms with van der Waals surface area (Å²) in [5, 5.41) is 8.37. The van der Waals surface area contributed by atoms with Gasteiger partial charge in [0.15, 0.2) is 6.10 Å². The molecule has 3 N–H and O–H groups in total. The third kappa shape index (κ3) is 5.22. The van der Waals surface area contributed by atoms with Crippen LogP contribution in [-0.4, -0.2) is 42.2 Å². The molecule has 0 heterocycles. The van der Waals surface area contributed by atoms with Gasteiger partial charge in [0.2, 0.25) is 6.10 Å². The van der Waals surface area contributed by atoms with Crippen LogP contribution in [0.25, 0.3) is 0 Å². The maximum atomic E-state index is 12.0. The molecule has 0 aromatic carbocycles. The molecule has 1 unspecified atom stereocenters. The molecule has 0 amide bonds. The second-order valence-electron chi connectivity index (χ2n) is 3.00. The predicted molar refractivity (Wildman–Crippen MR) is 42.1 cm³/mol. The van der Waals surface area contributed by atoms with Gasteiger partial charge < -0.3 is 15.6 Å². The van der Waals surface area contributed by atoms with E-state index in [2.05, 4.69) is 4.74 Å². The number of aliphatic carboxylic acids is 1. The fraction of sp³-hybridized carbons (Fsp3) is 0.857. The van der Waals surface area contributed by atoms with Crippen molar-refractivity contribution in [3.63, 3.8) is 0 Å². The summed E-state index contributed by atoms with van der Waals surface area (Å²) in [4.78, 5) is 10.4. The van der Waals surface area contributed by atoms with Crippen molar-refractivity contribution in [2.24, 2.45) is 5.73 Å². The van der Waals surface area contributed by atoms with Crippen LogP contribution in [0.1, 0.15) is 6.42 Å². The van der Waals surface area contributed by atoms with Crippen molar-refractivity contribution in [1.29, 1.82) is 0 Å². The minimum Gasteiger partial charge on any atom is -0.479 e. The Balaban J connectivity index is 4.91. The molecule has 0 spiro atoms. The smallest absolute Gasteiger partial charge is 0.423 e. The average molecular weight is 269 g/mol. The number of hydrogen-bond acceptors (Lipinski definition) is 3. The Morgan fingerprint density at radius 2 is 1.59 bits per heavy atom. The molecule has 10 heteroatoms. The highest BCUT2D eigenvalue weighted by atomic mass is 19.4. The number of halogens is 6. The van der Waals surface area contributed by atoms with E-state index >= 15 is 0 Å². The SMILES string of the molecule is NCCC(OC(C(F)(F)F)C(F)(F)F)C(=O)O. The summed E-state index contributed by atoms with van der Waals surface area (Å²) >= 11 is 0. The first-order valence-electron chi connectivity index (χ1n) is 4.22. The van der Waals surface area contributed by atoms with Gasteiger partial charge in [-0.2, -0.15) is 26.3 Å². The van der Waals surface area contributed by atoms with Crippen LogP contribution in [0.3, 0.4) is 0 Å². The van der Waals surface area contributed by atoms with E-state index in [-0.39, 0.29) is 0 Å². The summed E-state index contributed by atoms with van der Waals surface area (Å²) in [6.07, 6.45) is -18.5. The van der Waals surface area contributed by atoms with Crippen LogP contribution in [0, 0.1) is 0 Å². The summed E-state index contributed by atoms with van der Waals surface area (Å²) < 4.78 is 75.6. The van der Waals surface area contributed by atoms with Crippen LogP contribution in [0.4, 0.5) is 26.3 Å². The highest BCUT2D eigenvalue weighted by Gasteiger charge is 2.59. The lowest BCUT2D eigenvalue weighted by Gasteiger charge is -2.25. The molecule has 102 valence electrons. The molecule has 0 radical (unpaired) electrons. The number of rotatable bonds is 5. The summed E-state index contributed by atoms with van der Waals surface area (Å²) in [6.45, 7) is -0.417. The molecule has 0 saturated heterocycles. The fourth-order valence-electron chi connectivity index (χ4n) is 0.905. The Kier molecular flexibility index (Phi) is 5.20. The van der Waals surface area contributed by atoms with Gasteiger partial charge in [0, 0.05) is 0 Å². The Hall–Kier alpha value is -1.03. The highest BCUT2D eigenvalue weighted by molar-refractivity contribution is 5.72. The third-order valence-corrected chi connectivity index (χ3v) is 1.60. The molecule has 1 atom stereocenters. The maximum Gasteiger partial charge on any atom is 0.423 e. The molecule has 17 heavy (non-hydrogen) atoms. The van der Waals surface area contributed by atoms with E-state index in [0.717, 1.165) is 0 Å². The second-order valence-corrected chi connectivity index (χ2v) is 3.00. The van der Waals surface area contributed by atoms with Crippen molar-refractivity contribution in [2.75, 3.05) is 6.54 Å². The van der Waals surface area contributed by atoms with Gasteiger partial charge in [0.05, 0.1) is 0 Å². The monoisotopic (exact) mass is 269 g/mol. The second kappa shape index (κ2) is 5.54. The van der Waals surface area contributed by atoms with E-state index in [1.54, 1.807) is 0 Å². The van der Waals surface area contributed by atoms with Gasteiger partial charge in [-0.15, -0.1) is 0 Å². The molecule has 0 aliphatic rings. The summed E-state index contributed by atoms with van der Waals surface area (Å²) in [5.74, 6) is -1.94. The standard InChI is InChI=1S/C7H9F6NO3/c8-6(9,10)5(7(11,12)13)17-3(1-2-14)4(15)16/h3,5H,1-2,14H2,(H,15,16). The van der Waals surface area contributed by atoms with E-state index in [9.17, 15) is 31.1 Å². The molecule has 0 aliphatic carbocycles. The number of carbonyl (C=O) groups is 1. The molecule has 0 aromatic rings. The Morgan fingerprint density at radius 3 is 1.82 bits per heavy atom. The zero-order valence-electron chi connectivity index (χ0n) is 8.18. The maximum absolute atomic E-state index is 12.0. The molecule has 4 nitrogen and oxygen atoms in total. The molecule has 0 aromatic heterocycles. The van der Waals surface area contributed by atoms with Crippen molar-refractivity contribution < 1.29 is 41.0 Å². The third-order valence-electron chi connectivity index (χ3n) is 1.60. The van der Waals surface area contributed by atoms with Crippen LogP contribution in [0.5, 0.6) is 0 Å². The lowest BCUT2D eigenvalue weighted by molar-refractivity contribution is -0.329. The minimum absolute atomic E-state index is 0.417. The normalized spacial score (nSPS) is 15.1. The van der Waals surface area contributed by atoms with Crippen LogP contribution in [-0.2, 0) is 9.53 Å². The molecule has 0 saturated carbocycles. The quantitative estimate of drug-likeness (QED) is 0.738. The summed E-state index contributed by atoms with van der Waals surface area (Å²) in [5.41, 5.74) is 4.86. The lowest BCUT2D eigenvalue weighted by atomic mass is 10.2. The minimum atomic E-state index is -5.74. The number of carboxylic acids is 1. The van der Waals surface area contributed by atoms with Gasteiger partial charge in [0.1, 0.15) is 0 Å². The van der Waals surface area contributed by atoms with Gasteiger partial charge >= 0.3 is 18.3 Å². The number of ether oxygens (including phenoxy) is 1.